The molecule has 168 valence electrons. The second-order valence-corrected chi connectivity index (χ2v) is 11.0. The van der Waals surface area contributed by atoms with E-state index in [0.717, 1.165) is 38.4 Å². The molecule has 0 spiro atoms. The predicted molar refractivity (Wildman–Crippen MR) is 150 cm³/mol. The first kappa shape index (κ1) is 20.9. The molecule has 0 saturated carbocycles. The average molecular weight is 508 g/mol. The number of rotatable bonds is 3. The molecule has 0 bridgehead atoms. The third-order valence-electron chi connectivity index (χ3n) is 6.16. The van der Waals surface area contributed by atoms with Crippen molar-refractivity contribution >= 4 is 71.9 Å². The second kappa shape index (κ2) is 8.35. The normalized spacial score (nSPS) is 12.3. The number of fused-ring (bicyclic) bond motifs is 5. The summed E-state index contributed by atoms with van der Waals surface area (Å²) in [6, 6.07) is 38.1. The molecule has 0 unspecified atom stereocenters. The zero-order chi connectivity index (χ0) is 23.4. The lowest BCUT2D eigenvalue weighted by atomic mass is 10.1. The van der Waals surface area contributed by atoms with Crippen LogP contribution in [-0.4, -0.2) is 0 Å². The molecule has 6 aromatic rings. The average Bonchev–Trinajstić information content (AvgIpc) is 3.26. The zero-order valence-corrected chi connectivity index (χ0v) is 20.8. The molecule has 2 heterocycles. The van der Waals surface area contributed by atoms with Gasteiger partial charge in [-0.15, -0.1) is 11.3 Å². The number of hydrogen-bond acceptors (Lipinski definition) is 4. The maximum Gasteiger partial charge on any atom is 0.142 e. The van der Waals surface area contributed by atoms with Crippen LogP contribution in [0.15, 0.2) is 119 Å². The number of nitrogens with zero attached hydrogens (tertiary/aromatic N) is 1. The van der Waals surface area contributed by atoms with Crippen LogP contribution < -0.4 is 9.64 Å². The molecule has 0 atom stereocenters. The Bertz CT molecular complexity index is 1730. The van der Waals surface area contributed by atoms with Gasteiger partial charge >= 0.3 is 0 Å². The highest BCUT2D eigenvalue weighted by molar-refractivity contribution is 7.99. The van der Waals surface area contributed by atoms with E-state index in [1.807, 2.05) is 29.5 Å². The van der Waals surface area contributed by atoms with Crippen LogP contribution in [0.2, 0.25) is 5.02 Å². The van der Waals surface area contributed by atoms with E-state index in [2.05, 4.69) is 95.9 Å². The first-order valence-corrected chi connectivity index (χ1v) is 13.3. The number of thiophene rings is 1. The Kier molecular flexibility index (Phi) is 4.98. The van der Waals surface area contributed by atoms with Gasteiger partial charge in [-0.05, 0) is 66.7 Å². The van der Waals surface area contributed by atoms with Crippen molar-refractivity contribution in [3.05, 3.63) is 114 Å². The summed E-state index contributed by atoms with van der Waals surface area (Å²) in [5.74, 6) is 1.65. The molecule has 1 aromatic heterocycles. The fraction of sp³-hybridized carbons (Fsp3) is 0. The van der Waals surface area contributed by atoms with Crippen LogP contribution in [0.4, 0.5) is 17.1 Å². The summed E-state index contributed by atoms with van der Waals surface area (Å²) in [6.45, 7) is 0. The maximum atomic E-state index is 6.18. The van der Waals surface area contributed by atoms with Crippen molar-refractivity contribution < 1.29 is 4.74 Å². The largest absolute Gasteiger partial charge is 0.455 e. The van der Waals surface area contributed by atoms with Crippen molar-refractivity contribution in [2.24, 2.45) is 0 Å². The Morgan fingerprint density at radius 3 is 2.26 bits per heavy atom. The fourth-order valence-electron chi connectivity index (χ4n) is 4.56. The van der Waals surface area contributed by atoms with Crippen LogP contribution in [0.3, 0.4) is 0 Å². The Morgan fingerprint density at radius 1 is 0.571 bits per heavy atom. The van der Waals surface area contributed by atoms with Crippen molar-refractivity contribution in [2.75, 3.05) is 4.90 Å². The highest BCUT2D eigenvalue weighted by Gasteiger charge is 2.21. The molecule has 2 nitrogen and oxygen atoms in total. The summed E-state index contributed by atoms with van der Waals surface area (Å²) in [7, 11) is 0. The molecule has 5 heteroatoms. The van der Waals surface area contributed by atoms with Crippen LogP contribution in [0.1, 0.15) is 0 Å². The molecule has 0 aliphatic carbocycles. The lowest BCUT2D eigenvalue weighted by Gasteiger charge is -2.27. The van der Waals surface area contributed by atoms with Gasteiger partial charge in [0.05, 0.1) is 9.79 Å². The van der Waals surface area contributed by atoms with Gasteiger partial charge in [0.1, 0.15) is 11.5 Å². The van der Waals surface area contributed by atoms with Crippen molar-refractivity contribution in [1.82, 2.24) is 0 Å². The van der Waals surface area contributed by atoms with Gasteiger partial charge in [0, 0.05) is 48.3 Å². The van der Waals surface area contributed by atoms with E-state index in [4.69, 9.17) is 16.3 Å². The molecule has 0 saturated heterocycles. The summed E-state index contributed by atoms with van der Waals surface area (Å²) < 4.78 is 8.79. The summed E-state index contributed by atoms with van der Waals surface area (Å²) in [5.41, 5.74) is 3.32. The van der Waals surface area contributed by atoms with Crippen LogP contribution in [0, 0.1) is 0 Å². The second-order valence-electron chi connectivity index (χ2n) is 8.38. The van der Waals surface area contributed by atoms with Crippen molar-refractivity contribution in [3.63, 3.8) is 0 Å². The van der Waals surface area contributed by atoms with E-state index in [9.17, 15) is 0 Å². The first-order chi connectivity index (χ1) is 17.2. The zero-order valence-electron chi connectivity index (χ0n) is 18.4. The van der Waals surface area contributed by atoms with Gasteiger partial charge in [0.2, 0.25) is 0 Å². The highest BCUT2D eigenvalue weighted by atomic mass is 35.5. The smallest absolute Gasteiger partial charge is 0.142 e. The first-order valence-electron chi connectivity index (χ1n) is 11.3. The topological polar surface area (TPSA) is 12.5 Å². The lowest BCUT2D eigenvalue weighted by Crippen LogP contribution is -2.10. The van der Waals surface area contributed by atoms with E-state index in [0.29, 0.717) is 5.02 Å². The summed E-state index contributed by atoms with van der Waals surface area (Å²) in [4.78, 5) is 4.46. The molecule has 5 aromatic carbocycles. The molecule has 0 fully saturated rings. The fourth-order valence-corrected chi connectivity index (χ4v) is 6.77. The van der Waals surface area contributed by atoms with Gasteiger partial charge < -0.3 is 9.64 Å². The molecule has 35 heavy (non-hydrogen) atoms. The summed E-state index contributed by atoms with van der Waals surface area (Å²) in [6.07, 6.45) is 0. The van der Waals surface area contributed by atoms with Gasteiger partial charge in [0.25, 0.3) is 0 Å². The number of hydrogen-bond donors (Lipinski definition) is 0. The maximum absolute atomic E-state index is 6.18. The molecule has 0 N–H and O–H groups in total. The number of para-hydroxylation sites is 1. The molecule has 0 radical (unpaired) electrons. The number of ether oxygens (including phenoxy) is 1. The van der Waals surface area contributed by atoms with Gasteiger partial charge in [-0.2, -0.15) is 0 Å². The van der Waals surface area contributed by atoms with Gasteiger partial charge in [0.15, 0.2) is 0 Å². The summed E-state index contributed by atoms with van der Waals surface area (Å²) >= 11 is 9.73. The Morgan fingerprint density at radius 2 is 1.34 bits per heavy atom. The Balaban J connectivity index is 1.37. The summed E-state index contributed by atoms with van der Waals surface area (Å²) in [5, 5.41) is 3.26. The van der Waals surface area contributed by atoms with Crippen molar-refractivity contribution in [3.8, 4) is 11.5 Å². The van der Waals surface area contributed by atoms with E-state index in [1.54, 1.807) is 11.8 Å². The predicted octanol–water partition coefficient (Wildman–Crippen LogP) is 10.4. The lowest BCUT2D eigenvalue weighted by molar-refractivity contribution is 0.454. The minimum Gasteiger partial charge on any atom is -0.455 e. The van der Waals surface area contributed by atoms with E-state index in [1.165, 1.54) is 20.2 Å². The van der Waals surface area contributed by atoms with Gasteiger partial charge in [-0.3, -0.25) is 0 Å². The highest BCUT2D eigenvalue weighted by Crippen LogP contribution is 2.50. The molecule has 1 aliphatic rings. The molecule has 1 aliphatic heterocycles. The molecular weight excluding hydrogens is 490 g/mol. The van der Waals surface area contributed by atoms with Gasteiger partial charge in [-0.1, -0.05) is 59.8 Å². The minimum atomic E-state index is 0.677. The molecule has 0 amide bonds. The van der Waals surface area contributed by atoms with Crippen LogP contribution in [-0.2, 0) is 0 Å². The number of benzene rings is 5. The van der Waals surface area contributed by atoms with Crippen molar-refractivity contribution in [1.29, 1.82) is 0 Å². The quantitative estimate of drug-likeness (QED) is 0.236. The van der Waals surface area contributed by atoms with E-state index < -0.39 is 0 Å². The SMILES string of the molecule is Clc1ccc2c(c1)Oc1ccc(N(c3ccccc3)c3ccc4sc5ccccc5c4c3)cc1S2. The van der Waals surface area contributed by atoms with E-state index in [-0.39, 0.29) is 0 Å². The van der Waals surface area contributed by atoms with Crippen LogP contribution in [0.25, 0.3) is 20.2 Å². The number of halogens is 1. The molecular formula is C30H18ClNOS2. The minimum absolute atomic E-state index is 0.677. The number of anilines is 3. The third-order valence-corrected chi connectivity index (χ3v) is 8.65. The van der Waals surface area contributed by atoms with Crippen LogP contribution >= 0.6 is 34.7 Å². The van der Waals surface area contributed by atoms with Crippen LogP contribution in [0.5, 0.6) is 11.5 Å². The van der Waals surface area contributed by atoms with Gasteiger partial charge in [-0.25, -0.2) is 0 Å². The standard InChI is InChI=1S/C30H18ClNOS2/c31-19-10-14-29-26(16-19)33-25-13-11-22(18-30(25)35-29)32(20-6-2-1-3-7-20)21-12-15-28-24(17-21)23-8-4-5-9-27(23)34-28/h1-18H. The van der Waals surface area contributed by atoms with Crippen molar-refractivity contribution in [2.45, 2.75) is 9.79 Å². The molecule has 7 rings (SSSR count). The van der Waals surface area contributed by atoms with E-state index >= 15 is 0 Å². The Labute approximate surface area is 216 Å². The Hall–Kier alpha value is -3.44. The third kappa shape index (κ3) is 3.66. The monoisotopic (exact) mass is 507 g/mol.